The van der Waals surface area contributed by atoms with Crippen LogP contribution >= 0.6 is 11.3 Å². The van der Waals surface area contributed by atoms with E-state index in [1.807, 2.05) is 0 Å². The summed E-state index contributed by atoms with van der Waals surface area (Å²) in [6, 6.07) is -1.36. The number of hydrogen-bond donors (Lipinski definition) is 1. The molecule has 11 heavy (non-hydrogen) atoms. The van der Waals surface area contributed by atoms with Crippen LogP contribution in [0, 0.1) is 4.91 Å². The standard InChI is InChI=1S/C5H4N2O3S/c8-5(9)4(7-10)3-1-11-2-6-3/h1-2,4H,(H,8,9). The molecular formula is C5H4N2O3S. The van der Waals surface area contributed by atoms with Gasteiger partial charge in [0.1, 0.15) is 0 Å². The quantitative estimate of drug-likeness (QED) is 0.690. The fraction of sp³-hybridized carbons (Fsp3) is 0.200. The maximum absolute atomic E-state index is 10.3. The molecule has 0 spiro atoms. The summed E-state index contributed by atoms with van der Waals surface area (Å²) in [7, 11) is 0. The SMILES string of the molecule is O=NC(C(=O)O)c1cscn1. The number of carbonyl (C=O) groups is 1. The van der Waals surface area contributed by atoms with Gasteiger partial charge in [0.25, 0.3) is 0 Å². The Balaban J connectivity index is 2.88. The highest BCUT2D eigenvalue weighted by molar-refractivity contribution is 7.07. The average Bonchev–Trinajstić information content (AvgIpc) is 2.40. The van der Waals surface area contributed by atoms with Crippen LogP contribution in [0.1, 0.15) is 11.7 Å². The topological polar surface area (TPSA) is 79.6 Å². The van der Waals surface area contributed by atoms with Gasteiger partial charge in [-0.15, -0.1) is 16.2 Å². The fourth-order valence-corrected chi connectivity index (χ4v) is 1.16. The Morgan fingerprint density at radius 2 is 2.55 bits per heavy atom. The molecule has 0 saturated heterocycles. The molecule has 0 aliphatic heterocycles. The van der Waals surface area contributed by atoms with Gasteiger partial charge in [-0.25, -0.2) is 9.78 Å². The Labute approximate surface area is 65.7 Å². The largest absolute Gasteiger partial charge is 0.479 e. The van der Waals surface area contributed by atoms with E-state index in [0.29, 0.717) is 0 Å². The Morgan fingerprint density at radius 3 is 2.91 bits per heavy atom. The van der Waals surface area contributed by atoms with E-state index in [9.17, 15) is 9.70 Å². The molecule has 5 nitrogen and oxygen atoms in total. The number of thiazole rings is 1. The van der Waals surface area contributed by atoms with Crippen molar-refractivity contribution >= 4 is 17.3 Å². The van der Waals surface area contributed by atoms with Gasteiger partial charge in [-0.05, 0) is 5.18 Å². The van der Waals surface area contributed by atoms with E-state index in [1.165, 1.54) is 22.2 Å². The van der Waals surface area contributed by atoms with Crippen LogP contribution in [0.5, 0.6) is 0 Å². The summed E-state index contributed by atoms with van der Waals surface area (Å²) >= 11 is 1.23. The van der Waals surface area contributed by atoms with E-state index < -0.39 is 12.0 Å². The first kappa shape index (κ1) is 7.80. The lowest BCUT2D eigenvalue weighted by Crippen LogP contribution is -2.08. The normalized spacial score (nSPS) is 12.4. The third kappa shape index (κ3) is 1.58. The average molecular weight is 172 g/mol. The zero-order valence-electron chi connectivity index (χ0n) is 5.30. The number of carboxylic acid groups (broad SMARTS) is 1. The molecule has 0 radical (unpaired) electrons. The van der Waals surface area contributed by atoms with Crippen molar-refractivity contribution in [1.29, 1.82) is 0 Å². The van der Waals surface area contributed by atoms with Gasteiger partial charge in [-0.2, -0.15) is 0 Å². The van der Waals surface area contributed by atoms with Crippen molar-refractivity contribution in [3.8, 4) is 0 Å². The monoisotopic (exact) mass is 172 g/mol. The van der Waals surface area contributed by atoms with Crippen LogP contribution in [-0.2, 0) is 4.79 Å². The third-order valence-electron chi connectivity index (χ3n) is 1.07. The predicted molar refractivity (Wildman–Crippen MR) is 38.3 cm³/mol. The van der Waals surface area contributed by atoms with Crippen LogP contribution in [0.15, 0.2) is 16.1 Å². The number of nitrogens with zero attached hydrogens (tertiary/aromatic N) is 2. The van der Waals surface area contributed by atoms with Gasteiger partial charge in [0.2, 0.25) is 6.04 Å². The van der Waals surface area contributed by atoms with Gasteiger partial charge >= 0.3 is 5.97 Å². The number of aliphatic carboxylic acids is 1. The van der Waals surface area contributed by atoms with Gasteiger partial charge in [0.15, 0.2) is 0 Å². The molecule has 0 bridgehead atoms. The number of carboxylic acids is 1. The van der Waals surface area contributed by atoms with E-state index in [0.717, 1.165) is 0 Å². The van der Waals surface area contributed by atoms with Crippen LogP contribution in [0.25, 0.3) is 0 Å². The minimum Gasteiger partial charge on any atom is -0.479 e. The molecule has 1 rings (SSSR count). The molecule has 0 aliphatic rings. The van der Waals surface area contributed by atoms with Crippen molar-refractivity contribution in [2.45, 2.75) is 6.04 Å². The molecular weight excluding hydrogens is 168 g/mol. The smallest absolute Gasteiger partial charge is 0.338 e. The molecule has 1 unspecified atom stereocenters. The zero-order valence-corrected chi connectivity index (χ0v) is 6.11. The van der Waals surface area contributed by atoms with Crippen molar-refractivity contribution < 1.29 is 9.90 Å². The van der Waals surface area contributed by atoms with Gasteiger partial charge in [0, 0.05) is 5.38 Å². The van der Waals surface area contributed by atoms with E-state index in [4.69, 9.17) is 5.11 Å². The van der Waals surface area contributed by atoms with Crippen molar-refractivity contribution in [3.63, 3.8) is 0 Å². The van der Waals surface area contributed by atoms with Gasteiger partial charge in [-0.3, -0.25) is 0 Å². The lowest BCUT2D eigenvalue weighted by atomic mass is 10.2. The maximum atomic E-state index is 10.3. The van der Waals surface area contributed by atoms with Crippen molar-refractivity contribution in [2.75, 3.05) is 0 Å². The van der Waals surface area contributed by atoms with Crippen LogP contribution in [0.4, 0.5) is 0 Å². The first-order valence-corrected chi connectivity index (χ1v) is 3.63. The van der Waals surface area contributed by atoms with E-state index in [1.54, 1.807) is 0 Å². The number of aromatic nitrogens is 1. The predicted octanol–water partition coefficient (Wildman–Crippen LogP) is 1.04. The van der Waals surface area contributed by atoms with Gasteiger partial charge < -0.3 is 5.11 Å². The van der Waals surface area contributed by atoms with Crippen LogP contribution < -0.4 is 0 Å². The molecule has 6 heteroatoms. The summed E-state index contributed by atoms with van der Waals surface area (Å²) in [6.45, 7) is 0. The number of hydrogen-bond acceptors (Lipinski definition) is 5. The Hall–Kier alpha value is -1.30. The molecule has 0 aromatic carbocycles. The highest BCUT2D eigenvalue weighted by atomic mass is 32.1. The minimum absolute atomic E-state index is 0.192. The molecule has 0 amide bonds. The highest BCUT2D eigenvalue weighted by Crippen LogP contribution is 2.16. The van der Waals surface area contributed by atoms with Gasteiger partial charge in [0.05, 0.1) is 11.2 Å². The van der Waals surface area contributed by atoms with Crippen molar-refractivity contribution in [2.24, 2.45) is 5.18 Å². The molecule has 0 fully saturated rings. The fourth-order valence-electron chi connectivity index (χ4n) is 0.583. The number of rotatable bonds is 3. The Morgan fingerprint density at radius 1 is 1.82 bits per heavy atom. The summed E-state index contributed by atoms with van der Waals surface area (Å²) in [6.07, 6.45) is 0. The summed E-state index contributed by atoms with van der Waals surface area (Å²) in [5, 5.41) is 12.3. The molecule has 1 aromatic rings. The molecule has 1 heterocycles. The Kier molecular flexibility index (Phi) is 2.27. The molecule has 1 aromatic heterocycles. The molecule has 1 atom stereocenters. The van der Waals surface area contributed by atoms with E-state index >= 15 is 0 Å². The van der Waals surface area contributed by atoms with E-state index in [-0.39, 0.29) is 5.69 Å². The summed E-state index contributed by atoms with van der Waals surface area (Å²) in [4.78, 5) is 23.9. The van der Waals surface area contributed by atoms with Crippen LogP contribution in [0.2, 0.25) is 0 Å². The summed E-state index contributed by atoms with van der Waals surface area (Å²) in [5.41, 5.74) is 1.65. The van der Waals surface area contributed by atoms with E-state index in [2.05, 4.69) is 10.2 Å². The molecule has 0 aliphatic carbocycles. The second-order valence-electron chi connectivity index (χ2n) is 1.76. The third-order valence-corrected chi connectivity index (χ3v) is 1.68. The zero-order chi connectivity index (χ0) is 8.27. The second-order valence-corrected chi connectivity index (χ2v) is 2.48. The summed E-state index contributed by atoms with van der Waals surface area (Å²) < 4.78 is 0. The first-order chi connectivity index (χ1) is 5.25. The lowest BCUT2D eigenvalue weighted by molar-refractivity contribution is -0.138. The van der Waals surface area contributed by atoms with Crippen LogP contribution in [-0.4, -0.2) is 16.1 Å². The van der Waals surface area contributed by atoms with Crippen molar-refractivity contribution in [1.82, 2.24) is 4.98 Å². The molecule has 0 saturated carbocycles. The maximum Gasteiger partial charge on any atom is 0.338 e. The molecule has 58 valence electrons. The minimum atomic E-state index is -1.36. The molecule has 1 N–H and O–H groups in total. The second kappa shape index (κ2) is 3.20. The summed E-state index contributed by atoms with van der Waals surface area (Å²) in [5.74, 6) is -1.27. The number of nitroso groups, excluding NO2 is 1. The highest BCUT2D eigenvalue weighted by Gasteiger charge is 2.21. The Bertz CT molecular complexity index is 259. The van der Waals surface area contributed by atoms with Crippen LogP contribution in [0.3, 0.4) is 0 Å². The lowest BCUT2D eigenvalue weighted by Gasteiger charge is -1.96. The van der Waals surface area contributed by atoms with Gasteiger partial charge in [-0.1, -0.05) is 0 Å². The first-order valence-electron chi connectivity index (χ1n) is 2.69. The van der Waals surface area contributed by atoms with Crippen molar-refractivity contribution in [3.05, 3.63) is 21.5 Å².